The van der Waals surface area contributed by atoms with Gasteiger partial charge in [-0.25, -0.2) is 5.43 Å². The van der Waals surface area contributed by atoms with Crippen molar-refractivity contribution in [1.82, 2.24) is 9.99 Å². The summed E-state index contributed by atoms with van der Waals surface area (Å²) in [6.45, 7) is 7.73. The van der Waals surface area contributed by atoms with Gasteiger partial charge < -0.3 is 9.30 Å². The maximum Gasteiger partial charge on any atom is 0.271 e. The highest BCUT2D eigenvalue weighted by molar-refractivity contribution is 6.02. The van der Waals surface area contributed by atoms with E-state index in [1.807, 2.05) is 12.1 Å². The summed E-state index contributed by atoms with van der Waals surface area (Å²) in [5.74, 6) is 0.503. The third kappa shape index (κ3) is 4.98. The van der Waals surface area contributed by atoms with Crippen LogP contribution in [-0.2, 0) is 6.54 Å². The van der Waals surface area contributed by atoms with Crippen LogP contribution < -0.4 is 10.2 Å². The molecule has 0 spiro atoms. The molecule has 0 aliphatic heterocycles. The number of rotatable bonds is 8. The van der Waals surface area contributed by atoms with Gasteiger partial charge in [0.2, 0.25) is 0 Å². The van der Waals surface area contributed by atoms with Gasteiger partial charge in [-0.05, 0) is 61.7 Å². The second kappa shape index (κ2) is 10.2. The fraction of sp³-hybridized carbons (Fsp3) is 0.214. The van der Waals surface area contributed by atoms with E-state index in [1.54, 1.807) is 30.5 Å². The summed E-state index contributed by atoms with van der Waals surface area (Å²) < 4.78 is 7.87. The first kappa shape index (κ1) is 22.3. The second-order valence-corrected chi connectivity index (χ2v) is 8.10. The Morgan fingerprint density at radius 2 is 1.73 bits per heavy atom. The van der Waals surface area contributed by atoms with Gasteiger partial charge in [-0.3, -0.25) is 4.79 Å². The Morgan fingerprint density at radius 1 is 1.00 bits per heavy atom. The van der Waals surface area contributed by atoms with Crippen LogP contribution in [0.15, 0.2) is 77.9 Å². The number of nitrogens with zero attached hydrogens (tertiary/aromatic N) is 2. The Bertz CT molecular complexity index is 1290. The number of carbonyl (C=O) groups excluding carboxylic acids is 1. The van der Waals surface area contributed by atoms with Crippen molar-refractivity contribution in [3.8, 4) is 5.75 Å². The van der Waals surface area contributed by atoms with E-state index in [-0.39, 0.29) is 5.91 Å². The van der Waals surface area contributed by atoms with Crippen molar-refractivity contribution in [1.29, 1.82) is 0 Å². The van der Waals surface area contributed by atoms with E-state index in [2.05, 4.69) is 72.3 Å². The zero-order valence-corrected chi connectivity index (χ0v) is 19.3. The molecule has 0 saturated carbocycles. The number of ether oxygens (including phenoxy) is 1. The van der Waals surface area contributed by atoms with Gasteiger partial charge in [0.05, 0.1) is 12.8 Å². The van der Waals surface area contributed by atoms with Crippen LogP contribution in [0.3, 0.4) is 0 Å². The normalized spacial score (nSPS) is 11.2. The van der Waals surface area contributed by atoms with Crippen molar-refractivity contribution in [3.05, 3.63) is 101 Å². The molecule has 5 heteroatoms. The minimum Gasteiger partial charge on any atom is -0.494 e. The number of aryl methyl sites for hydroxylation is 1. The molecule has 0 aliphatic carbocycles. The highest BCUT2D eigenvalue weighted by Gasteiger charge is 2.13. The SMILES string of the molecule is CCCOc1ccc(C(=O)N/N=C/c2c(C)n(Cc3ccccc3C)c3ccccc23)cc1. The molecular weight excluding hydrogens is 410 g/mol. The van der Waals surface area contributed by atoms with Crippen LogP contribution >= 0.6 is 0 Å². The first-order valence-corrected chi connectivity index (χ1v) is 11.3. The van der Waals surface area contributed by atoms with Crippen LogP contribution in [0.1, 0.15) is 46.1 Å². The lowest BCUT2D eigenvalue weighted by molar-refractivity contribution is 0.0955. The topological polar surface area (TPSA) is 55.6 Å². The minimum absolute atomic E-state index is 0.255. The van der Waals surface area contributed by atoms with Gasteiger partial charge in [0.15, 0.2) is 0 Å². The molecule has 0 bridgehead atoms. The molecule has 1 N–H and O–H groups in total. The lowest BCUT2D eigenvalue weighted by Gasteiger charge is -2.11. The van der Waals surface area contributed by atoms with Crippen molar-refractivity contribution < 1.29 is 9.53 Å². The fourth-order valence-corrected chi connectivity index (χ4v) is 3.92. The minimum atomic E-state index is -0.255. The highest BCUT2D eigenvalue weighted by Crippen LogP contribution is 2.26. The smallest absolute Gasteiger partial charge is 0.271 e. The summed E-state index contributed by atoms with van der Waals surface area (Å²) in [7, 11) is 0. The summed E-state index contributed by atoms with van der Waals surface area (Å²) in [6.07, 6.45) is 2.68. The molecule has 0 unspecified atom stereocenters. The summed E-state index contributed by atoms with van der Waals surface area (Å²) in [4.78, 5) is 12.5. The summed E-state index contributed by atoms with van der Waals surface area (Å²) >= 11 is 0. The third-order valence-electron chi connectivity index (χ3n) is 5.82. The van der Waals surface area contributed by atoms with E-state index >= 15 is 0 Å². The predicted molar refractivity (Wildman–Crippen MR) is 134 cm³/mol. The number of amides is 1. The van der Waals surface area contributed by atoms with Crippen LogP contribution in [0.4, 0.5) is 0 Å². The van der Waals surface area contributed by atoms with E-state index in [9.17, 15) is 4.79 Å². The molecule has 1 heterocycles. The van der Waals surface area contributed by atoms with Crippen molar-refractivity contribution in [3.63, 3.8) is 0 Å². The van der Waals surface area contributed by atoms with Crippen LogP contribution in [0.2, 0.25) is 0 Å². The predicted octanol–water partition coefficient (Wildman–Crippen LogP) is 5.86. The van der Waals surface area contributed by atoms with Crippen molar-refractivity contribution in [2.75, 3.05) is 6.61 Å². The second-order valence-electron chi connectivity index (χ2n) is 8.10. The zero-order chi connectivity index (χ0) is 23.2. The van der Waals surface area contributed by atoms with Gasteiger partial charge in [0, 0.05) is 34.3 Å². The van der Waals surface area contributed by atoms with E-state index in [0.717, 1.165) is 40.9 Å². The first-order chi connectivity index (χ1) is 16.1. The molecule has 0 radical (unpaired) electrons. The fourth-order valence-electron chi connectivity index (χ4n) is 3.92. The van der Waals surface area contributed by atoms with Crippen molar-refractivity contribution in [2.45, 2.75) is 33.7 Å². The summed E-state index contributed by atoms with van der Waals surface area (Å²) in [6, 6.07) is 23.8. The molecule has 0 aliphatic rings. The molecule has 3 aromatic carbocycles. The molecule has 1 amide bonds. The van der Waals surface area contributed by atoms with Gasteiger partial charge in [0.25, 0.3) is 5.91 Å². The number of aromatic nitrogens is 1. The molecule has 4 rings (SSSR count). The van der Waals surface area contributed by atoms with Crippen LogP contribution in [-0.4, -0.2) is 23.3 Å². The molecular formula is C28H29N3O2. The molecule has 0 saturated heterocycles. The molecule has 4 aromatic rings. The van der Waals surface area contributed by atoms with Gasteiger partial charge in [-0.15, -0.1) is 0 Å². The molecule has 168 valence electrons. The molecule has 33 heavy (non-hydrogen) atoms. The Kier molecular flexibility index (Phi) is 6.89. The van der Waals surface area contributed by atoms with Crippen molar-refractivity contribution >= 4 is 23.0 Å². The first-order valence-electron chi connectivity index (χ1n) is 11.3. The molecule has 0 atom stereocenters. The van der Waals surface area contributed by atoms with E-state index in [4.69, 9.17) is 4.74 Å². The largest absolute Gasteiger partial charge is 0.494 e. The number of hydrazone groups is 1. The standard InChI is InChI=1S/C28H29N3O2/c1-4-17-33-24-15-13-22(14-16-24)28(32)30-29-18-26-21(3)31(27-12-8-7-11-25(26)27)19-23-10-6-5-9-20(23)2/h5-16,18H,4,17,19H2,1-3H3,(H,30,32)/b29-18+. The number of fused-ring (bicyclic) bond motifs is 1. The molecule has 1 aromatic heterocycles. The lowest BCUT2D eigenvalue weighted by Crippen LogP contribution is -2.17. The number of para-hydroxylation sites is 1. The maximum absolute atomic E-state index is 12.5. The van der Waals surface area contributed by atoms with Gasteiger partial charge >= 0.3 is 0 Å². The quantitative estimate of drug-likeness (QED) is 0.276. The number of benzene rings is 3. The Labute approximate surface area is 194 Å². The molecule has 5 nitrogen and oxygen atoms in total. The van der Waals surface area contributed by atoms with Crippen molar-refractivity contribution in [2.24, 2.45) is 5.10 Å². The number of nitrogens with one attached hydrogen (secondary N) is 1. The lowest BCUT2D eigenvalue weighted by atomic mass is 10.1. The van der Waals surface area contributed by atoms with Gasteiger partial charge in [0.1, 0.15) is 5.75 Å². The Morgan fingerprint density at radius 3 is 2.48 bits per heavy atom. The van der Waals surface area contributed by atoms with Gasteiger partial charge in [-0.2, -0.15) is 5.10 Å². The zero-order valence-electron chi connectivity index (χ0n) is 19.3. The Hall–Kier alpha value is -3.86. The number of carbonyl (C=O) groups is 1. The third-order valence-corrected chi connectivity index (χ3v) is 5.82. The summed E-state index contributed by atoms with van der Waals surface area (Å²) in [5.41, 5.74) is 8.99. The van der Waals surface area contributed by atoms with E-state index in [1.165, 1.54) is 11.1 Å². The monoisotopic (exact) mass is 439 g/mol. The van der Waals surface area contributed by atoms with Crippen LogP contribution in [0.5, 0.6) is 5.75 Å². The van der Waals surface area contributed by atoms with Crippen LogP contribution in [0.25, 0.3) is 10.9 Å². The summed E-state index contributed by atoms with van der Waals surface area (Å²) in [5, 5.41) is 5.38. The van der Waals surface area contributed by atoms with E-state index < -0.39 is 0 Å². The van der Waals surface area contributed by atoms with Crippen LogP contribution in [0, 0.1) is 13.8 Å². The van der Waals surface area contributed by atoms with E-state index in [0.29, 0.717) is 12.2 Å². The Balaban J connectivity index is 1.54. The maximum atomic E-state index is 12.5. The highest BCUT2D eigenvalue weighted by atomic mass is 16.5. The van der Waals surface area contributed by atoms with Gasteiger partial charge in [-0.1, -0.05) is 49.4 Å². The molecule has 0 fully saturated rings. The average molecular weight is 440 g/mol. The number of hydrogen-bond acceptors (Lipinski definition) is 3. The average Bonchev–Trinajstić information content (AvgIpc) is 3.10. The number of hydrogen-bond donors (Lipinski definition) is 1.